The van der Waals surface area contributed by atoms with Crippen LogP contribution in [0.4, 0.5) is 0 Å². The molecule has 0 amide bonds. The van der Waals surface area contributed by atoms with Gasteiger partial charge in [0.1, 0.15) is 5.76 Å². The van der Waals surface area contributed by atoms with Gasteiger partial charge in [-0.2, -0.15) is 0 Å². The Morgan fingerprint density at radius 2 is 2.53 bits per heavy atom. The molecule has 0 radical (unpaired) electrons. The topological polar surface area (TPSA) is 25.2 Å². The van der Waals surface area contributed by atoms with Crippen molar-refractivity contribution in [3.8, 4) is 0 Å². The molecule has 2 heteroatoms. The van der Waals surface area contributed by atoms with E-state index in [9.17, 15) is 0 Å². The Bertz CT molecular complexity index is 357. The number of nitrogens with one attached hydrogen (secondary N) is 1. The molecule has 1 aliphatic carbocycles. The Labute approximate surface area is 91.0 Å². The summed E-state index contributed by atoms with van der Waals surface area (Å²) in [5.41, 5.74) is 1.71. The third kappa shape index (κ3) is 1.35. The molecule has 1 aliphatic heterocycles. The second-order valence-corrected chi connectivity index (χ2v) is 5.03. The van der Waals surface area contributed by atoms with Gasteiger partial charge in [0.25, 0.3) is 0 Å². The van der Waals surface area contributed by atoms with Gasteiger partial charge in [-0.25, -0.2) is 0 Å². The summed E-state index contributed by atoms with van der Waals surface area (Å²) in [4.78, 5) is 0. The van der Waals surface area contributed by atoms with E-state index in [4.69, 9.17) is 4.42 Å². The van der Waals surface area contributed by atoms with Crippen molar-refractivity contribution >= 4 is 0 Å². The summed E-state index contributed by atoms with van der Waals surface area (Å²) < 4.78 is 5.57. The molecule has 0 bridgehead atoms. The molecule has 2 aliphatic rings. The fraction of sp³-hybridized carbons (Fsp3) is 0.692. The number of rotatable bonds is 1. The van der Waals surface area contributed by atoms with Gasteiger partial charge in [0.15, 0.2) is 0 Å². The first-order chi connectivity index (χ1) is 7.34. The molecule has 1 N–H and O–H groups in total. The first-order valence-corrected chi connectivity index (χ1v) is 6.16. The minimum Gasteiger partial charge on any atom is -0.469 e. The SMILES string of the molecule is CCC1CCC2(C1)NCCc1occc12. The smallest absolute Gasteiger partial charge is 0.110 e. The summed E-state index contributed by atoms with van der Waals surface area (Å²) in [6.07, 6.45) is 8.19. The van der Waals surface area contributed by atoms with E-state index in [1.54, 1.807) is 0 Å². The Kier molecular flexibility index (Phi) is 2.13. The molecule has 1 saturated carbocycles. The summed E-state index contributed by atoms with van der Waals surface area (Å²) in [6, 6.07) is 2.18. The highest BCUT2D eigenvalue weighted by atomic mass is 16.3. The van der Waals surface area contributed by atoms with Crippen LogP contribution in [0.25, 0.3) is 0 Å². The molecule has 2 unspecified atom stereocenters. The van der Waals surface area contributed by atoms with Crippen molar-refractivity contribution in [2.75, 3.05) is 6.54 Å². The molecule has 1 spiro atoms. The summed E-state index contributed by atoms with van der Waals surface area (Å²) in [7, 11) is 0. The van der Waals surface area contributed by atoms with Gasteiger partial charge in [0.2, 0.25) is 0 Å². The van der Waals surface area contributed by atoms with Crippen LogP contribution < -0.4 is 5.32 Å². The van der Waals surface area contributed by atoms with Crippen molar-refractivity contribution in [2.45, 2.75) is 44.6 Å². The molecule has 82 valence electrons. The van der Waals surface area contributed by atoms with Crippen molar-refractivity contribution in [3.05, 3.63) is 23.7 Å². The van der Waals surface area contributed by atoms with Crippen LogP contribution in [0, 0.1) is 5.92 Å². The van der Waals surface area contributed by atoms with Crippen LogP contribution in [0.1, 0.15) is 43.9 Å². The van der Waals surface area contributed by atoms with Crippen molar-refractivity contribution < 1.29 is 4.42 Å². The van der Waals surface area contributed by atoms with E-state index in [2.05, 4.69) is 18.3 Å². The van der Waals surface area contributed by atoms with Crippen LogP contribution in [0.3, 0.4) is 0 Å². The zero-order valence-corrected chi connectivity index (χ0v) is 9.38. The molecule has 1 aromatic rings. The van der Waals surface area contributed by atoms with Gasteiger partial charge in [-0.05, 0) is 31.2 Å². The van der Waals surface area contributed by atoms with Gasteiger partial charge in [-0.3, -0.25) is 0 Å². The molecule has 3 rings (SSSR count). The first-order valence-electron chi connectivity index (χ1n) is 6.16. The maximum atomic E-state index is 5.57. The average molecular weight is 205 g/mol. The lowest BCUT2D eigenvalue weighted by atomic mass is 9.84. The predicted molar refractivity (Wildman–Crippen MR) is 59.7 cm³/mol. The van der Waals surface area contributed by atoms with Crippen LogP contribution in [-0.4, -0.2) is 6.54 Å². The molecule has 15 heavy (non-hydrogen) atoms. The highest BCUT2D eigenvalue weighted by molar-refractivity contribution is 5.31. The maximum Gasteiger partial charge on any atom is 0.110 e. The standard InChI is InChI=1S/C13H19NO/c1-2-10-3-6-13(9-10)11-5-8-15-12(11)4-7-14-13/h5,8,10,14H,2-4,6-7,9H2,1H3. The molecular weight excluding hydrogens is 186 g/mol. The quantitative estimate of drug-likeness (QED) is 0.762. The lowest BCUT2D eigenvalue weighted by Gasteiger charge is -2.34. The van der Waals surface area contributed by atoms with Gasteiger partial charge in [-0.15, -0.1) is 0 Å². The van der Waals surface area contributed by atoms with Gasteiger partial charge >= 0.3 is 0 Å². The maximum absolute atomic E-state index is 5.57. The summed E-state index contributed by atoms with van der Waals surface area (Å²) in [5, 5.41) is 3.74. The Morgan fingerprint density at radius 1 is 1.60 bits per heavy atom. The van der Waals surface area contributed by atoms with E-state index in [-0.39, 0.29) is 5.54 Å². The predicted octanol–water partition coefficient (Wildman–Crippen LogP) is 2.83. The third-order valence-corrected chi connectivity index (χ3v) is 4.27. The summed E-state index contributed by atoms with van der Waals surface area (Å²) >= 11 is 0. The monoisotopic (exact) mass is 205 g/mol. The van der Waals surface area contributed by atoms with Crippen LogP contribution in [-0.2, 0) is 12.0 Å². The second-order valence-electron chi connectivity index (χ2n) is 5.03. The number of furan rings is 1. The third-order valence-electron chi connectivity index (χ3n) is 4.27. The van der Waals surface area contributed by atoms with Crippen molar-refractivity contribution in [1.29, 1.82) is 0 Å². The van der Waals surface area contributed by atoms with E-state index in [1.165, 1.54) is 37.0 Å². The largest absolute Gasteiger partial charge is 0.469 e. The zero-order valence-electron chi connectivity index (χ0n) is 9.38. The zero-order chi connectivity index (χ0) is 10.3. The lowest BCUT2D eigenvalue weighted by molar-refractivity contribution is 0.294. The van der Waals surface area contributed by atoms with Crippen LogP contribution in [0.15, 0.2) is 16.7 Å². The van der Waals surface area contributed by atoms with E-state index in [1.807, 2.05) is 6.26 Å². The summed E-state index contributed by atoms with van der Waals surface area (Å²) in [6.45, 7) is 3.39. The van der Waals surface area contributed by atoms with Gasteiger partial charge in [0, 0.05) is 24.1 Å². The van der Waals surface area contributed by atoms with Gasteiger partial charge in [-0.1, -0.05) is 13.3 Å². The number of hydrogen-bond donors (Lipinski definition) is 1. The lowest BCUT2D eigenvalue weighted by Crippen LogP contribution is -2.44. The van der Waals surface area contributed by atoms with Crippen LogP contribution in [0.2, 0.25) is 0 Å². The molecule has 2 atom stereocenters. The fourth-order valence-corrected chi connectivity index (χ4v) is 3.37. The molecule has 0 aromatic carbocycles. The average Bonchev–Trinajstić information content (AvgIpc) is 2.86. The van der Waals surface area contributed by atoms with Gasteiger partial charge < -0.3 is 9.73 Å². The highest BCUT2D eigenvalue weighted by Crippen LogP contribution is 2.46. The first kappa shape index (κ1) is 9.46. The molecule has 2 nitrogen and oxygen atoms in total. The van der Waals surface area contributed by atoms with Gasteiger partial charge in [0.05, 0.1) is 6.26 Å². The van der Waals surface area contributed by atoms with E-state index >= 15 is 0 Å². The minimum absolute atomic E-state index is 0.265. The van der Waals surface area contributed by atoms with E-state index < -0.39 is 0 Å². The van der Waals surface area contributed by atoms with E-state index in [0.717, 1.165) is 18.9 Å². The molecular formula is C13H19NO. The van der Waals surface area contributed by atoms with Crippen molar-refractivity contribution in [2.24, 2.45) is 5.92 Å². The normalized spacial score (nSPS) is 34.6. The van der Waals surface area contributed by atoms with Crippen molar-refractivity contribution in [3.63, 3.8) is 0 Å². The summed E-state index contributed by atoms with van der Waals surface area (Å²) in [5.74, 6) is 2.13. The van der Waals surface area contributed by atoms with Crippen LogP contribution >= 0.6 is 0 Å². The van der Waals surface area contributed by atoms with E-state index in [0.29, 0.717) is 0 Å². The highest BCUT2D eigenvalue weighted by Gasteiger charge is 2.43. The Morgan fingerprint density at radius 3 is 3.33 bits per heavy atom. The van der Waals surface area contributed by atoms with Crippen LogP contribution in [0.5, 0.6) is 0 Å². The molecule has 1 fully saturated rings. The molecule has 2 heterocycles. The van der Waals surface area contributed by atoms with Crippen molar-refractivity contribution in [1.82, 2.24) is 5.32 Å². The Hall–Kier alpha value is -0.760. The second kappa shape index (κ2) is 3.38. The number of fused-ring (bicyclic) bond motifs is 2. The fourth-order valence-electron chi connectivity index (χ4n) is 3.37. The minimum atomic E-state index is 0.265. The molecule has 1 aromatic heterocycles. The number of hydrogen-bond acceptors (Lipinski definition) is 2. The molecule has 0 saturated heterocycles. The Balaban J connectivity index is 1.95.